The zero-order valence-corrected chi connectivity index (χ0v) is 14.8. The summed E-state index contributed by atoms with van der Waals surface area (Å²) in [5.74, 6) is 1.52. The van der Waals surface area contributed by atoms with Gasteiger partial charge in [-0.05, 0) is 24.1 Å². The lowest BCUT2D eigenvalue weighted by molar-refractivity contribution is -0.140. The van der Waals surface area contributed by atoms with Crippen molar-refractivity contribution in [1.29, 1.82) is 5.26 Å². The molecule has 1 aliphatic rings. The van der Waals surface area contributed by atoms with Crippen molar-refractivity contribution >= 4 is 23.4 Å². The highest BCUT2D eigenvalue weighted by Crippen LogP contribution is 2.34. The first-order valence-electron chi connectivity index (χ1n) is 7.55. The van der Waals surface area contributed by atoms with E-state index in [9.17, 15) is 10.1 Å². The number of nitrogens with zero attached hydrogens (tertiary/aromatic N) is 2. The van der Waals surface area contributed by atoms with Crippen molar-refractivity contribution in [2.24, 2.45) is 4.99 Å². The van der Waals surface area contributed by atoms with Gasteiger partial charge in [0.05, 0.1) is 26.0 Å². The van der Waals surface area contributed by atoms with Gasteiger partial charge in [-0.25, -0.2) is 0 Å². The van der Waals surface area contributed by atoms with Crippen molar-refractivity contribution in [3.63, 3.8) is 0 Å². The van der Waals surface area contributed by atoms with Crippen molar-refractivity contribution in [1.82, 2.24) is 0 Å². The number of methoxy groups -OCH3 is 2. The molecule has 6 nitrogen and oxygen atoms in total. The van der Waals surface area contributed by atoms with E-state index in [4.69, 9.17) is 14.2 Å². The molecular formula is C17H20N2O4S. The average Bonchev–Trinajstić information content (AvgIpc) is 2.60. The normalized spacial score (nSPS) is 14.0. The standard InChI is InChI=1S/C17H20N2O4S/c1-11(20)23-6-7-24-16(10-18)17-13-9-15(22-3)14(21-2)8-12(13)4-5-19-17/h8-9,16H,4-7H2,1-3H3. The summed E-state index contributed by atoms with van der Waals surface area (Å²) in [4.78, 5) is 15.4. The Balaban J connectivity index is 2.20. The maximum atomic E-state index is 10.8. The molecule has 0 radical (unpaired) electrons. The monoisotopic (exact) mass is 348 g/mol. The third-order valence-corrected chi connectivity index (χ3v) is 4.65. The van der Waals surface area contributed by atoms with Crippen molar-refractivity contribution < 1.29 is 19.0 Å². The zero-order valence-electron chi connectivity index (χ0n) is 14.0. The Hall–Kier alpha value is -2.20. The molecule has 0 N–H and O–H groups in total. The highest BCUT2D eigenvalue weighted by atomic mass is 32.2. The fraction of sp³-hybridized carbons (Fsp3) is 0.471. The van der Waals surface area contributed by atoms with E-state index in [0.717, 1.165) is 23.3 Å². The molecule has 0 fully saturated rings. The van der Waals surface area contributed by atoms with Crippen LogP contribution < -0.4 is 9.47 Å². The van der Waals surface area contributed by atoms with E-state index in [1.807, 2.05) is 12.1 Å². The Morgan fingerprint density at radius 1 is 1.38 bits per heavy atom. The quantitative estimate of drug-likeness (QED) is 0.555. The van der Waals surface area contributed by atoms with Crippen LogP contribution in [0.25, 0.3) is 0 Å². The summed E-state index contributed by atoms with van der Waals surface area (Å²) in [6.07, 6.45) is 0.801. The molecule has 1 atom stereocenters. The molecule has 0 aliphatic carbocycles. The molecule has 1 aromatic carbocycles. The molecule has 1 aromatic rings. The van der Waals surface area contributed by atoms with Crippen molar-refractivity contribution in [2.75, 3.05) is 33.1 Å². The summed E-state index contributed by atoms with van der Waals surface area (Å²) in [6.45, 7) is 2.29. The second kappa shape index (κ2) is 8.60. The summed E-state index contributed by atoms with van der Waals surface area (Å²) in [6, 6.07) is 6.11. The number of ether oxygens (including phenoxy) is 3. The number of nitriles is 1. The molecule has 0 aromatic heterocycles. The van der Waals surface area contributed by atoms with Crippen LogP contribution in [-0.4, -0.2) is 50.1 Å². The smallest absolute Gasteiger partial charge is 0.302 e. The lowest BCUT2D eigenvalue weighted by Crippen LogP contribution is -2.24. The molecular weight excluding hydrogens is 328 g/mol. The van der Waals surface area contributed by atoms with Crippen LogP contribution in [0.5, 0.6) is 11.5 Å². The van der Waals surface area contributed by atoms with Gasteiger partial charge in [0.15, 0.2) is 11.5 Å². The Bertz CT molecular complexity index is 682. The second-order valence-electron chi connectivity index (χ2n) is 5.10. The van der Waals surface area contributed by atoms with Gasteiger partial charge in [0.1, 0.15) is 11.9 Å². The van der Waals surface area contributed by atoms with Crippen LogP contribution in [0.15, 0.2) is 17.1 Å². The van der Waals surface area contributed by atoms with Crippen LogP contribution in [0, 0.1) is 11.3 Å². The van der Waals surface area contributed by atoms with Crippen molar-refractivity contribution in [2.45, 2.75) is 18.6 Å². The molecule has 1 aliphatic heterocycles. The number of esters is 1. The third kappa shape index (κ3) is 4.20. The highest BCUT2D eigenvalue weighted by Gasteiger charge is 2.25. The minimum absolute atomic E-state index is 0.282. The summed E-state index contributed by atoms with van der Waals surface area (Å²) < 4.78 is 15.6. The van der Waals surface area contributed by atoms with Crippen LogP contribution in [0.1, 0.15) is 18.1 Å². The number of hydrogen-bond donors (Lipinski definition) is 0. The molecule has 1 heterocycles. The van der Waals surface area contributed by atoms with Gasteiger partial charge in [0.25, 0.3) is 0 Å². The van der Waals surface area contributed by atoms with E-state index < -0.39 is 5.25 Å². The maximum Gasteiger partial charge on any atom is 0.302 e. The van der Waals surface area contributed by atoms with Crippen LogP contribution in [-0.2, 0) is 16.0 Å². The van der Waals surface area contributed by atoms with Gasteiger partial charge in [-0.3, -0.25) is 9.79 Å². The number of thioether (sulfide) groups is 1. The molecule has 7 heteroatoms. The molecule has 0 bridgehead atoms. The number of fused-ring (bicyclic) bond motifs is 1. The number of carbonyl (C=O) groups excluding carboxylic acids is 1. The van der Waals surface area contributed by atoms with Crippen LogP contribution in [0.3, 0.4) is 0 Å². The molecule has 1 unspecified atom stereocenters. The van der Waals surface area contributed by atoms with Gasteiger partial charge in [-0.2, -0.15) is 5.26 Å². The molecule has 0 saturated carbocycles. The Kier molecular flexibility index (Phi) is 6.50. The lowest BCUT2D eigenvalue weighted by Gasteiger charge is -2.22. The minimum atomic E-state index is -0.419. The summed E-state index contributed by atoms with van der Waals surface area (Å²) in [5, 5.41) is 9.11. The highest BCUT2D eigenvalue weighted by molar-refractivity contribution is 8.00. The molecule has 0 amide bonds. The van der Waals surface area contributed by atoms with E-state index in [2.05, 4.69) is 11.1 Å². The van der Waals surface area contributed by atoms with Gasteiger partial charge < -0.3 is 14.2 Å². The first-order valence-corrected chi connectivity index (χ1v) is 8.59. The molecule has 0 saturated heterocycles. The molecule has 0 spiro atoms. The lowest BCUT2D eigenvalue weighted by atomic mass is 9.95. The fourth-order valence-electron chi connectivity index (χ4n) is 2.50. The Labute approximate surface area is 145 Å². The van der Waals surface area contributed by atoms with Gasteiger partial charge in [-0.1, -0.05) is 0 Å². The van der Waals surface area contributed by atoms with Crippen LogP contribution >= 0.6 is 11.8 Å². The summed E-state index contributed by atoms with van der Waals surface area (Å²) >= 11 is 1.42. The fourth-order valence-corrected chi connectivity index (χ4v) is 3.35. The van der Waals surface area contributed by atoms with Gasteiger partial charge in [0, 0.05) is 24.8 Å². The Morgan fingerprint density at radius 3 is 2.71 bits per heavy atom. The largest absolute Gasteiger partial charge is 0.493 e. The summed E-state index contributed by atoms with van der Waals surface area (Å²) in [5.41, 5.74) is 2.76. The van der Waals surface area contributed by atoms with Gasteiger partial charge >= 0.3 is 5.97 Å². The zero-order chi connectivity index (χ0) is 17.5. The van der Waals surface area contributed by atoms with E-state index in [-0.39, 0.29) is 12.6 Å². The predicted molar refractivity (Wildman–Crippen MR) is 93.1 cm³/mol. The topological polar surface area (TPSA) is 80.9 Å². The Morgan fingerprint density at radius 2 is 2.08 bits per heavy atom. The molecule has 2 rings (SSSR count). The van der Waals surface area contributed by atoms with Crippen LogP contribution in [0.2, 0.25) is 0 Å². The number of benzene rings is 1. The molecule has 128 valence electrons. The molecule has 24 heavy (non-hydrogen) atoms. The third-order valence-electron chi connectivity index (χ3n) is 3.59. The van der Waals surface area contributed by atoms with E-state index in [1.54, 1.807) is 14.2 Å². The second-order valence-corrected chi connectivity index (χ2v) is 6.31. The van der Waals surface area contributed by atoms with Gasteiger partial charge in [-0.15, -0.1) is 11.8 Å². The SMILES string of the molecule is COc1cc2c(cc1OC)C(C(C#N)SCCOC(C)=O)=NCC2. The van der Waals surface area contributed by atoms with E-state index in [1.165, 1.54) is 18.7 Å². The van der Waals surface area contributed by atoms with Crippen molar-refractivity contribution in [3.05, 3.63) is 23.3 Å². The number of carbonyl (C=O) groups is 1. The number of rotatable bonds is 7. The number of aliphatic imine (C=N–C) groups is 1. The first kappa shape index (κ1) is 18.1. The average molecular weight is 348 g/mol. The van der Waals surface area contributed by atoms with E-state index in [0.29, 0.717) is 23.8 Å². The predicted octanol–water partition coefficient (Wildman–Crippen LogP) is 2.24. The first-order chi connectivity index (χ1) is 11.6. The maximum absolute atomic E-state index is 10.8. The summed E-state index contributed by atoms with van der Waals surface area (Å²) in [7, 11) is 3.19. The number of hydrogen-bond acceptors (Lipinski definition) is 7. The van der Waals surface area contributed by atoms with Crippen LogP contribution in [0.4, 0.5) is 0 Å². The van der Waals surface area contributed by atoms with Crippen molar-refractivity contribution in [3.8, 4) is 17.6 Å². The van der Waals surface area contributed by atoms with E-state index >= 15 is 0 Å². The van der Waals surface area contributed by atoms with Gasteiger partial charge in [0.2, 0.25) is 0 Å². The minimum Gasteiger partial charge on any atom is -0.493 e.